The van der Waals surface area contributed by atoms with E-state index in [-0.39, 0.29) is 11.1 Å². The Kier molecular flexibility index (Phi) is 5.10. The van der Waals surface area contributed by atoms with Crippen LogP contribution in [0.25, 0.3) is 0 Å². The van der Waals surface area contributed by atoms with E-state index in [2.05, 4.69) is 31.2 Å². The van der Waals surface area contributed by atoms with Crippen molar-refractivity contribution in [2.75, 3.05) is 5.32 Å². The molecule has 116 valence electrons. The van der Waals surface area contributed by atoms with Crippen molar-refractivity contribution in [1.29, 1.82) is 0 Å². The van der Waals surface area contributed by atoms with Gasteiger partial charge in [-0.3, -0.25) is 10.1 Å². The third-order valence-corrected chi connectivity index (χ3v) is 5.42. The largest absolute Gasteiger partial charge is 0.298 e. The van der Waals surface area contributed by atoms with Crippen LogP contribution in [0.5, 0.6) is 0 Å². The number of carbonyl (C=O) groups is 1. The smallest absolute Gasteiger partial charge is 0.260 e. The van der Waals surface area contributed by atoms with Crippen LogP contribution in [0.1, 0.15) is 46.6 Å². The molecule has 7 heteroatoms. The van der Waals surface area contributed by atoms with Gasteiger partial charge >= 0.3 is 0 Å². The van der Waals surface area contributed by atoms with Gasteiger partial charge in [0, 0.05) is 15.5 Å². The number of aryl methyl sites for hydroxylation is 2. The normalized spacial score (nSPS) is 14.8. The molecule has 0 spiro atoms. The van der Waals surface area contributed by atoms with Crippen molar-refractivity contribution in [3.8, 4) is 0 Å². The first kappa shape index (κ1) is 15.9. The van der Waals surface area contributed by atoms with Crippen LogP contribution in [-0.4, -0.2) is 15.9 Å². The molecule has 2 aromatic heterocycles. The first-order valence-corrected chi connectivity index (χ1v) is 9.23. The number of anilines is 1. The number of rotatable bonds is 2. The Balaban J connectivity index is 1.79. The predicted molar refractivity (Wildman–Crippen MR) is 92.9 cm³/mol. The van der Waals surface area contributed by atoms with E-state index in [1.165, 1.54) is 30.6 Å². The number of pyridine rings is 1. The number of nitrogens with one attached hydrogen (secondary N) is 1. The van der Waals surface area contributed by atoms with Crippen LogP contribution in [0.2, 0.25) is 5.15 Å². The number of hydrogen-bond acceptors (Lipinski definition) is 4. The van der Waals surface area contributed by atoms with Crippen molar-refractivity contribution in [2.45, 2.75) is 38.5 Å². The van der Waals surface area contributed by atoms with Gasteiger partial charge < -0.3 is 0 Å². The fraction of sp³-hybridized carbons (Fsp3) is 0.400. The summed E-state index contributed by atoms with van der Waals surface area (Å²) < 4.78 is 0.716. The lowest BCUT2D eigenvalue weighted by atomic mass is 10.0. The van der Waals surface area contributed by atoms with Crippen molar-refractivity contribution in [1.82, 2.24) is 9.97 Å². The molecule has 2 heterocycles. The summed E-state index contributed by atoms with van der Waals surface area (Å²) in [4.78, 5) is 22.2. The molecule has 1 amide bonds. The summed E-state index contributed by atoms with van der Waals surface area (Å²) in [5.74, 6) is -0.277. The molecule has 4 nitrogen and oxygen atoms in total. The molecule has 1 aliphatic rings. The van der Waals surface area contributed by atoms with Crippen molar-refractivity contribution in [3.63, 3.8) is 0 Å². The second kappa shape index (κ2) is 7.06. The van der Waals surface area contributed by atoms with E-state index in [9.17, 15) is 4.79 Å². The second-order valence-corrected chi connectivity index (χ2v) is 7.61. The molecular formula is C15H15BrClN3OS. The number of thiazole rings is 1. The molecular weight excluding hydrogens is 386 g/mol. The zero-order chi connectivity index (χ0) is 15.5. The first-order chi connectivity index (χ1) is 10.6. The molecule has 2 aromatic rings. The fourth-order valence-corrected chi connectivity index (χ4v) is 4.07. The topological polar surface area (TPSA) is 54.9 Å². The van der Waals surface area contributed by atoms with Gasteiger partial charge in [0.15, 0.2) is 5.13 Å². The van der Waals surface area contributed by atoms with Crippen LogP contribution in [0, 0.1) is 0 Å². The quantitative estimate of drug-likeness (QED) is 0.732. The van der Waals surface area contributed by atoms with Gasteiger partial charge in [0.2, 0.25) is 0 Å². The molecule has 1 N–H and O–H groups in total. The zero-order valence-corrected chi connectivity index (χ0v) is 15.0. The lowest BCUT2D eigenvalue weighted by Crippen LogP contribution is -2.13. The van der Waals surface area contributed by atoms with Crippen LogP contribution < -0.4 is 5.32 Å². The summed E-state index contributed by atoms with van der Waals surface area (Å²) in [6, 6.07) is 1.66. The molecule has 0 fully saturated rings. The molecule has 22 heavy (non-hydrogen) atoms. The van der Waals surface area contributed by atoms with E-state index in [1.807, 2.05) is 0 Å². The Morgan fingerprint density at radius 2 is 2.05 bits per heavy atom. The summed E-state index contributed by atoms with van der Waals surface area (Å²) in [5.41, 5.74) is 1.48. The van der Waals surface area contributed by atoms with Gasteiger partial charge in [-0.25, -0.2) is 9.97 Å². The maximum atomic E-state index is 12.3. The predicted octanol–water partition coefficient (Wildman–Crippen LogP) is 4.87. The second-order valence-electron chi connectivity index (χ2n) is 5.25. The molecule has 0 unspecified atom stereocenters. The standard InChI is InChI=1S/C15H15BrClN3OS/c16-9-7-10(13(17)18-8-9)14(21)20-15-19-11-5-3-1-2-4-6-12(11)22-15/h7-8H,1-6H2,(H,19,20,21). The van der Waals surface area contributed by atoms with Gasteiger partial charge in [-0.05, 0) is 47.7 Å². The van der Waals surface area contributed by atoms with Gasteiger partial charge in [-0.15, -0.1) is 11.3 Å². The molecule has 0 bridgehead atoms. The minimum atomic E-state index is -0.277. The highest BCUT2D eigenvalue weighted by Crippen LogP contribution is 2.29. The van der Waals surface area contributed by atoms with E-state index >= 15 is 0 Å². The highest BCUT2D eigenvalue weighted by molar-refractivity contribution is 9.10. The van der Waals surface area contributed by atoms with Gasteiger partial charge in [-0.2, -0.15) is 0 Å². The summed E-state index contributed by atoms with van der Waals surface area (Å²) in [7, 11) is 0. The Morgan fingerprint density at radius 3 is 2.86 bits per heavy atom. The van der Waals surface area contributed by atoms with Crippen LogP contribution >= 0.6 is 38.9 Å². The third kappa shape index (κ3) is 3.67. The number of carbonyl (C=O) groups excluding carboxylic acids is 1. The van der Waals surface area contributed by atoms with Gasteiger partial charge in [0.1, 0.15) is 5.15 Å². The van der Waals surface area contributed by atoms with E-state index in [1.54, 1.807) is 23.6 Å². The zero-order valence-electron chi connectivity index (χ0n) is 11.9. The highest BCUT2D eigenvalue weighted by Gasteiger charge is 2.17. The number of hydrogen-bond donors (Lipinski definition) is 1. The molecule has 0 aromatic carbocycles. The Hall–Kier alpha value is -0.980. The highest BCUT2D eigenvalue weighted by atomic mass is 79.9. The number of nitrogens with zero attached hydrogens (tertiary/aromatic N) is 2. The van der Waals surface area contributed by atoms with E-state index in [4.69, 9.17) is 11.6 Å². The van der Waals surface area contributed by atoms with Gasteiger partial charge in [-0.1, -0.05) is 24.4 Å². The van der Waals surface area contributed by atoms with Crippen LogP contribution in [0.3, 0.4) is 0 Å². The SMILES string of the molecule is O=C(Nc1nc2c(s1)CCCCCC2)c1cc(Br)cnc1Cl. The molecule has 0 saturated heterocycles. The molecule has 1 aliphatic carbocycles. The minimum absolute atomic E-state index is 0.190. The Labute approximate surface area is 146 Å². The van der Waals surface area contributed by atoms with Crippen LogP contribution in [-0.2, 0) is 12.8 Å². The van der Waals surface area contributed by atoms with Crippen LogP contribution in [0.15, 0.2) is 16.7 Å². The summed E-state index contributed by atoms with van der Waals surface area (Å²) in [6.07, 6.45) is 8.53. The number of amides is 1. The van der Waals surface area contributed by atoms with Crippen molar-refractivity contribution < 1.29 is 4.79 Å². The van der Waals surface area contributed by atoms with Crippen molar-refractivity contribution in [3.05, 3.63) is 38.0 Å². The molecule has 3 rings (SSSR count). The van der Waals surface area contributed by atoms with E-state index < -0.39 is 0 Å². The van der Waals surface area contributed by atoms with E-state index in [0.29, 0.717) is 15.2 Å². The average Bonchev–Trinajstić information content (AvgIpc) is 2.82. The third-order valence-electron chi connectivity index (χ3n) is 3.62. The Morgan fingerprint density at radius 1 is 1.27 bits per heavy atom. The molecule has 0 aliphatic heterocycles. The lowest BCUT2D eigenvalue weighted by molar-refractivity contribution is 0.102. The van der Waals surface area contributed by atoms with Crippen molar-refractivity contribution >= 4 is 49.9 Å². The van der Waals surface area contributed by atoms with E-state index in [0.717, 1.165) is 18.5 Å². The first-order valence-electron chi connectivity index (χ1n) is 7.24. The summed E-state index contributed by atoms with van der Waals surface area (Å²) in [5, 5.41) is 3.68. The summed E-state index contributed by atoms with van der Waals surface area (Å²) >= 11 is 10.9. The van der Waals surface area contributed by atoms with Gasteiger partial charge in [0.05, 0.1) is 11.3 Å². The van der Waals surface area contributed by atoms with Gasteiger partial charge in [0.25, 0.3) is 5.91 Å². The van der Waals surface area contributed by atoms with Crippen LogP contribution in [0.4, 0.5) is 5.13 Å². The monoisotopic (exact) mass is 399 g/mol. The molecule has 0 saturated carbocycles. The summed E-state index contributed by atoms with van der Waals surface area (Å²) in [6.45, 7) is 0. The van der Waals surface area contributed by atoms with Crippen molar-refractivity contribution in [2.24, 2.45) is 0 Å². The molecule has 0 radical (unpaired) electrons. The fourth-order valence-electron chi connectivity index (χ4n) is 2.51. The number of fused-ring (bicyclic) bond motifs is 1. The maximum absolute atomic E-state index is 12.3. The average molecular weight is 401 g/mol. The lowest BCUT2D eigenvalue weighted by Gasteiger charge is -2.06. The maximum Gasteiger partial charge on any atom is 0.260 e. The minimum Gasteiger partial charge on any atom is -0.298 e. The number of halogens is 2. The Bertz CT molecular complexity index is 679. The number of aromatic nitrogens is 2. The molecule has 0 atom stereocenters.